The number of nitro groups is 1. The Bertz CT molecular complexity index is 541. The molecule has 0 aliphatic rings. The average Bonchev–Trinajstić information content (AvgIpc) is 2.36. The van der Waals surface area contributed by atoms with Crippen LogP contribution >= 0.6 is 0 Å². The highest BCUT2D eigenvalue weighted by Gasteiger charge is 2.24. The number of benzene rings is 1. The highest BCUT2D eigenvalue weighted by atomic mass is 16.6. The molecule has 7 heteroatoms. The SMILES string of the molecule is Cc1ccc(C(=O)N(C)C(C)C(=O)O)cc1[N+](=O)[O-]. The van der Waals surface area contributed by atoms with Crippen LogP contribution in [0.15, 0.2) is 18.2 Å². The number of nitrogens with zero attached hydrogens (tertiary/aromatic N) is 2. The van der Waals surface area contributed by atoms with Gasteiger partial charge in [0.2, 0.25) is 0 Å². The van der Waals surface area contributed by atoms with Gasteiger partial charge in [0.15, 0.2) is 0 Å². The fraction of sp³-hybridized carbons (Fsp3) is 0.333. The Labute approximate surface area is 109 Å². The number of rotatable bonds is 4. The van der Waals surface area contributed by atoms with Crippen LogP contribution in [0.5, 0.6) is 0 Å². The maximum atomic E-state index is 12.0. The Morgan fingerprint density at radius 3 is 2.47 bits per heavy atom. The number of hydrogen-bond acceptors (Lipinski definition) is 4. The highest BCUT2D eigenvalue weighted by molar-refractivity contribution is 5.97. The lowest BCUT2D eigenvalue weighted by Gasteiger charge is -2.21. The van der Waals surface area contributed by atoms with Crippen molar-refractivity contribution in [3.8, 4) is 0 Å². The molecule has 0 aliphatic carbocycles. The number of carboxylic acids is 1. The van der Waals surface area contributed by atoms with E-state index >= 15 is 0 Å². The summed E-state index contributed by atoms with van der Waals surface area (Å²) in [4.78, 5) is 34.1. The zero-order valence-electron chi connectivity index (χ0n) is 10.8. The van der Waals surface area contributed by atoms with E-state index in [1.807, 2.05) is 0 Å². The maximum absolute atomic E-state index is 12.0. The van der Waals surface area contributed by atoms with Gasteiger partial charge in [0.1, 0.15) is 6.04 Å². The molecule has 1 aromatic carbocycles. The molecular formula is C12H14N2O5. The summed E-state index contributed by atoms with van der Waals surface area (Å²) in [5.41, 5.74) is 0.366. The topological polar surface area (TPSA) is 101 Å². The lowest BCUT2D eigenvalue weighted by Crippen LogP contribution is -2.40. The molecule has 1 aromatic rings. The summed E-state index contributed by atoms with van der Waals surface area (Å²) in [6.07, 6.45) is 0. The Balaban J connectivity index is 3.10. The van der Waals surface area contributed by atoms with E-state index in [1.165, 1.54) is 26.1 Å². The molecule has 0 aromatic heterocycles. The Hall–Kier alpha value is -2.44. The van der Waals surface area contributed by atoms with Gasteiger partial charge >= 0.3 is 5.97 Å². The van der Waals surface area contributed by atoms with E-state index in [9.17, 15) is 19.7 Å². The van der Waals surface area contributed by atoms with Crippen LogP contribution < -0.4 is 0 Å². The molecule has 1 amide bonds. The third kappa shape index (κ3) is 3.06. The number of hydrogen-bond donors (Lipinski definition) is 1. The van der Waals surface area contributed by atoms with Crippen molar-refractivity contribution >= 4 is 17.6 Å². The fourth-order valence-electron chi connectivity index (χ4n) is 1.48. The molecule has 19 heavy (non-hydrogen) atoms. The van der Waals surface area contributed by atoms with Crippen molar-refractivity contribution in [2.24, 2.45) is 0 Å². The number of carbonyl (C=O) groups excluding carboxylic acids is 1. The molecule has 102 valence electrons. The predicted octanol–water partition coefficient (Wildman–Crippen LogP) is 1.45. The molecule has 0 bridgehead atoms. The van der Waals surface area contributed by atoms with E-state index in [4.69, 9.17) is 5.11 Å². The number of amides is 1. The van der Waals surface area contributed by atoms with Gasteiger partial charge in [0, 0.05) is 24.2 Å². The molecule has 7 nitrogen and oxygen atoms in total. The van der Waals surface area contributed by atoms with Gasteiger partial charge in [-0.1, -0.05) is 6.07 Å². The minimum atomic E-state index is -1.14. The first-order valence-electron chi connectivity index (χ1n) is 5.50. The molecular weight excluding hydrogens is 252 g/mol. The monoisotopic (exact) mass is 266 g/mol. The minimum Gasteiger partial charge on any atom is -0.480 e. The largest absolute Gasteiger partial charge is 0.480 e. The third-order valence-corrected chi connectivity index (χ3v) is 2.91. The van der Waals surface area contributed by atoms with Crippen molar-refractivity contribution in [2.75, 3.05) is 7.05 Å². The van der Waals surface area contributed by atoms with Crippen molar-refractivity contribution < 1.29 is 19.6 Å². The molecule has 0 radical (unpaired) electrons. The summed E-state index contributed by atoms with van der Waals surface area (Å²) >= 11 is 0. The van der Waals surface area contributed by atoms with Crippen molar-refractivity contribution in [3.63, 3.8) is 0 Å². The number of carboxylic acid groups (broad SMARTS) is 1. The van der Waals surface area contributed by atoms with Gasteiger partial charge in [-0.3, -0.25) is 14.9 Å². The second-order valence-corrected chi connectivity index (χ2v) is 4.19. The van der Waals surface area contributed by atoms with Crippen molar-refractivity contribution in [1.82, 2.24) is 4.90 Å². The average molecular weight is 266 g/mol. The van der Waals surface area contributed by atoms with Gasteiger partial charge in [0.25, 0.3) is 11.6 Å². The first-order valence-corrected chi connectivity index (χ1v) is 5.50. The maximum Gasteiger partial charge on any atom is 0.326 e. The van der Waals surface area contributed by atoms with E-state index in [2.05, 4.69) is 0 Å². The van der Waals surface area contributed by atoms with E-state index in [0.717, 1.165) is 11.0 Å². The molecule has 1 unspecified atom stereocenters. The van der Waals surface area contributed by atoms with Crippen LogP contribution in [0.1, 0.15) is 22.8 Å². The third-order valence-electron chi connectivity index (χ3n) is 2.91. The quantitative estimate of drug-likeness (QED) is 0.656. The van der Waals surface area contributed by atoms with Gasteiger partial charge in [-0.15, -0.1) is 0 Å². The highest BCUT2D eigenvalue weighted by Crippen LogP contribution is 2.20. The van der Waals surface area contributed by atoms with Gasteiger partial charge < -0.3 is 10.0 Å². The molecule has 1 atom stereocenters. The van der Waals surface area contributed by atoms with Crippen LogP contribution in [0.4, 0.5) is 5.69 Å². The van der Waals surface area contributed by atoms with E-state index < -0.39 is 22.8 Å². The summed E-state index contributed by atoms with van der Waals surface area (Å²) in [6.45, 7) is 2.93. The van der Waals surface area contributed by atoms with E-state index in [1.54, 1.807) is 6.92 Å². The van der Waals surface area contributed by atoms with Gasteiger partial charge in [0.05, 0.1) is 4.92 Å². The first-order chi connectivity index (χ1) is 8.75. The van der Waals surface area contributed by atoms with Gasteiger partial charge in [-0.25, -0.2) is 4.79 Å². The number of aliphatic carboxylic acids is 1. The van der Waals surface area contributed by atoms with Crippen LogP contribution in [-0.4, -0.2) is 39.9 Å². The first kappa shape index (κ1) is 14.6. The zero-order chi connectivity index (χ0) is 14.7. The van der Waals surface area contributed by atoms with Crippen LogP contribution in [0, 0.1) is 17.0 Å². The smallest absolute Gasteiger partial charge is 0.326 e. The molecule has 0 aliphatic heterocycles. The summed E-state index contributed by atoms with van der Waals surface area (Å²) in [6, 6.07) is 3.05. The molecule has 1 rings (SSSR count). The summed E-state index contributed by atoms with van der Waals surface area (Å²) in [5, 5.41) is 19.6. The molecule has 1 N–H and O–H groups in total. The molecule has 0 spiro atoms. The normalized spacial score (nSPS) is 11.7. The second-order valence-electron chi connectivity index (χ2n) is 4.19. The van der Waals surface area contributed by atoms with Crippen LogP contribution in [0.2, 0.25) is 0 Å². The Morgan fingerprint density at radius 2 is 2.00 bits per heavy atom. The number of carbonyl (C=O) groups is 2. The van der Waals surface area contributed by atoms with Crippen molar-refractivity contribution in [3.05, 3.63) is 39.4 Å². The molecule has 0 fully saturated rings. The van der Waals surface area contributed by atoms with Gasteiger partial charge in [-0.05, 0) is 19.9 Å². The Kier molecular flexibility index (Phi) is 4.21. The lowest BCUT2D eigenvalue weighted by molar-refractivity contribution is -0.385. The van der Waals surface area contributed by atoms with Crippen LogP contribution in [0.3, 0.4) is 0 Å². The van der Waals surface area contributed by atoms with Crippen molar-refractivity contribution in [1.29, 1.82) is 0 Å². The van der Waals surface area contributed by atoms with E-state index in [0.29, 0.717) is 5.56 Å². The zero-order valence-corrected chi connectivity index (χ0v) is 10.8. The van der Waals surface area contributed by atoms with Crippen LogP contribution in [0.25, 0.3) is 0 Å². The molecule has 0 saturated carbocycles. The van der Waals surface area contributed by atoms with Crippen molar-refractivity contribution in [2.45, 2.75) is 19.9 Å². The fourth-order valence-corrected chi connectivity index (χ4v) is 1.48. The summed E-state index contributed by atoms with van der Waals surface area (Å²) in [7, 11) is 1.34. The van der Waals surface area contributed by atoms with E-state index in [-0.39, 0.29) is 11.3 Å². The number of nitro benzene ring substituents is 1. The molecule has 0 saturated heterocycles. The summed E-state index contributed by atoms with van der Waals surface area (Å²) in [5.74, 6) is -1.71. The minimum absolute atomic E-state index is 0.0906. The second kappa shape index (κ2) is 5.47. The lowest BCUT2D eigenvalue weighted by atomic mass is 10.1. The Morgan fingerprint density at radius 1 is 1.42 bits per heavy atom. The van der Waals surface area contributed by atoms with Crippen LogP contribution in [-0.2, 0) is 4.79 Å². The molecule has 0 heterocycles. The summed E-state index contributed by atoms with van der Waals surface area (Å²) < 4.78 is 0. The number of likely N-dealkylation sites (N-methyl/N-ethyl adjacent to an activating group) is 1. The number of aryl methyl sites for hydroxylation is 1. The van der Waals surface area contributed by atoms with Gasteiger partial charge in [-0.2, -0.15) is 0 Å². The standard InChI is InChI=1S/C12H14N2O5/c1-7-4-5-9(6-10(7)14(18)19)11(15)13(3)8(2)12(16)17/h4-6,8H,1-3H3,(H,16,17). The predicted molar refractivity (Wildman–Crippen MR) is 67.0 cm³/mol.